The lowest BCUT2D eigenvalue weighted by atomic mass is 10.0. The molecule has 0 aliphatic rings. The predicted octanol–water partition coefficient (Wildman–Crippen LogP) is 5.34. The molecule has 0 bridgehead atoms. The number of allylic oxidation sites excluding steroid dienone is 1. The zero-order valence-corrected chi connectivity index (χ0v) is 11.5. The Labute approximate surface area is 124 Å². The zero-order valence-electron chi connectivity index (χ0n) is 10.0. The van der Waals surface area contributed by atoms with E-state index in [1.54, 1.807) is 0 Å². The van der Waals surface area contributed by atoms with Gasteiger partial charge in [-0.25, -0.2) is 8.78 Å². The first-order chi connectivity index (χ1) is 9.49. The van der Waals surface area contributed by atoms with Crippen LogP contribution in [-0.2, 0) is 0 Å². The molecule has 0 heterocycles. The molecule has 0 saturated carbocycles. The quantitative estimate of drug-likeness (QED) is 0.543. The van der Waals surface area contributed by atoms with E-state index in [9.17, 15) is 8.78 Å². The van der Waals surface area contributed by atoms with Gasteiger partial charge < -0.3 is 0 Å². The van der Waals surface area contributed by atoms with Gasteiger partial charge in [0.15, 0.2) is 0 Å². The number of nitriles is 1. The van der Waals surface area contributed by atoms with Crippen LogP contribution < -0.4 is 0 Å². The molecule has 1 nitrogen and oxygen atoms in total. The first-order valence-corrected chi connectivity index (χ1v) is 6.28. The average Bonchev–Trinajstić information content (AvgIpc) is 2.35. The highest BCUT2D eigenvalue weighted by atomic mass is 35.5. The van der Waals surface area contributed by atoms with Gasteiger partial charge in [-0.3, -0.25) is 0 Å². The van der Waals surface area contributed by atoms with Crippen molar-refractivity contribution in [1.82, 2.24) is 0 Å². The van der Waals surface area contributed by atoms with Crippen molar-refractivity contribution in [3.05, 3.63) is 69.2 Å². The fourth-order valence-corrected chi connectivity index (χ4v) is 2.09. The molecule has 0 aromatic heterocycles. The van der Waals surface area contributed by atoms with Crippen LogP contribution in [0.4, 0.5) is 8.78 Å². The molecule has 0 spiro atoms. The summed E-state index contributed by atoms with van der Waals surface area (Å²) in [5, 5.41) is 9.56. The van der Waals surface area contributed by atoms with E-state index in [0.717, 1.165) is 12.1 Å². The molecule has 2 rings (SSSR count). The maximum atomic E-state index is 13.8. The molecule has 0 atom stereocenters. The Kier molecular flexibility index (Phi) is 4.39. The minimum atomic E-state index is -0.618. The van der Waals surface area contributed by atoms with Crippen molar-refractivity contribution in [3.8, 4) is 6.07 Å². The third kappa shape index (κ3) is 3.36. The highest BCUT2D eigenvalue weighted by Crippen LogP contribution is 2.24. The van der Waals surface area contributed by atoms with E-state index in [1.807, 2.05) is 6.07 Å². The molecular weight excluding hydrogens is 303 g/mol. The van der Waals surface area contributed by atoms with Crippen LogP contribution in [0.5, 0.6) is 0 Å². The van der Waals surface area contributed by atoms with Gasteiger partial charge in [-0.05, 0) is 48.0 Å². The van der Waals surface area contributed by atoms with E-state index in [-0.39, 0.29) is 21.2 Å². The number of halogens is 4. The molecule has 2 aromatic rings. The van der Waals surface area contributed by atoms with E-state index >= 15 is 0 Å². The zero-order chi connectivity index (χ0) is 14.7. The van der Waals surface area contributed by atoms with Gasteiger partial charge in [-0.1, -0.05) is 23.2 Å². The van der Waals surface area contributed by atoms with E-state index in [2.05, 4.69) is 0 Å². The van der Waals surface area contributed by atoms with Crippen molar-refractivity contribution in [2.24, 2.45) is 0 Å². The van der Waals surface area contributed by atoms with Crippen LogP contribution in [0.2, 0.25) is 10.0 Å². The van der Waals surface area contributed by atoms with Crippen molar-refractivity contribution in [3.63, 3.8) is 0 Å². The Morgan fingerprint density at radius 2 is 1.80 bits per heavy atom. The summed E-state index contributed by atoms with van der Waals surface area (Å²) in [5.74, 6) is -1.15. The van der Waals surface area contributed by atoms with Crippen LogP contribution in [0.25, 0.3) is 11.6 Å². The van der Waals surface area contributed by atoms with Crippen LogP contribution in [0.1, 0.15) is 11.1 Å². The maximum absolute atomic E-state index is 13.8. The molecule has 0 amide bonds. The van der Waals surface area contributed by atoms with Crippen molar-refractivity contribution in [1.29, 1.82) is 5.26 Å². The van der Waals surface area contributed by atoms with Crippen LogP contribution in [0.3, 0.4) is 0 Å². The van der Waals surface area contributed by atoms with Gasteiger partial charge in [0.1, 0.15) is 11.6 Å². The molecule has 0 fully saturated rings. The Hall–Kier alpha value is -1.89. The lowest BCUT2D eigenvalue weighted by Crippen LogP contribution is -1.88. The molecule has 100 valence electrons. The minimum absolute atomic E-state index is 0.0563. The second-order valence-corrected chi connectivity index (χ2v) is 4.87. The molecule has 2 aromatic carbocycles. The lowest BCUT2D eigenvalue weighted by Gasteiger charge is -2.03. The van der Waals surface area contributed by atoms with Crippen molar-refractivity contribution < 1.29 is 8.78 Å². The first-order valence-electron chi connectivity index (χ1n) is 5.53. The predicted molar refractivity (Wildman–Crippen MR) is 76.3 cm³/mol. The molecule has 0 aliphatic heterocycles. The largest absolute Gasteiger partial charge is 0.207 e. The molecule has 0 radical (unpaired) electrons. The molecule has 0 aliphatic carbocycles. The first kappa shape index (κ1) is 14.5. The van der Waals surface area contributed by atoms with Gasteiger partial charge >= 0.3 is 0 Å². The Balaban J connectivity index is 2.51. The molecule has 20 heavy (non-hydrogen) atoms. The summed E-state index contributed by atoms with van der Waals surface area (Å²) in [6.07, 6.45) is 1.36. The van der Waals surface area contributed by atoms with Crippen molar-refractivity contribution in [2.75, 3.05) is 0 Å². The third-order valence-corrected chi connectivity index (χ3v) is 2.99. The second-order valence-electron chi connectivity index (χ2n) is 4.00. The summed E-state index contributed by atoms with van der Waals surface area (Å²) in [6.45, 7) is 0. The van der Waals surface area contributed by atoms with E-state index in [4.69, 9.17) is 28.5 Å². The summed E-state index contributed by atoms with van der Waals surface area (Å²) in [5.41, 5.74) is 0.527. The van der Waals surface area contributed by atoms with Crippen molar-refractivity contribution in [2.45, 2.75) is 0 Å². The number of hydrogen-bond acceptors (Lipinski definition) is 1. The lowest BCUT2D eigenvalue weighted by molar-refractivity contribution is 0.624. The smallest absolute Gasteiger partial charge is 0.133 e. The topological polar surface area (TPSA) is 23.8 Å². The number of rotatable bonds is 2. The van der Waals surface area contributed by atoms with Crippen LogP contribution >= 0.6 is 23.2 Å². The fourth-order valence-electron chi connectivity index (χ4n) is 1.70. The Morgan fingerprint density at radius 3 is 2.40 bits per heavy atom. The van der Waals surface area contributed by atoms with Gasteiger partial charge in [0.25, 0.3) is 0 Å². The molecule has 0 N–H and O–H groups in total. The third-order valence-electron chi connectivity index (χ3n) is 2.54. The van der Waals surface area contributed by atoms with E-state index in [1.165, 1.54) is 30.3 Å². The van der Waals surface area contributed by atoms with Gasteiger partial charge in [-0.15, -0.1) is 0 Å². The SMILES string of the molecule is N#C/C(=C\c1cc(F)cc(Cl)c1)c1ccc(Cl)cc1F. The summed E-state index contributed by atoms with van der Waals surface area (Å²) >= 11 is 11.4. The van der Waals surface area contributed by atoms with Gasteiger partial charge in [-0.2, -0.15) is 5.26 Å². The van der Waals surface area contributed by atoms with Crippen molar-refractivity contribution >= 4 is 34.9 Å². The molecular formula is C15H7Cl2F2N. The molecule has 0 unspecified atom stereocenters. The second kappa shape index (κ2) is 6.04. The summed E-state index contributed by atoms with van der Waals surface area (Å²) in [6, 6.07) is 9.70. The minimum Gasteiger partial charge on any atom is -0.207 e. The Bertz CT molecular complexity index is 713. The van der Waals surface area contributed by atoms with Gasteiger partial charge in [0.2, 0.25) is 0 Å². The Morgan fingerprint density at radius 1 is 1.05 bits per heavy atom. The maximum Gasteiger partial charge on any atom is 0.133 e. The highest BCUT2D eigenvalue weighted by Gasteiger charge is 2.09. The highest BCUT2D eigenvalue weighted by molar-refractivity contribution is 6.31. The normalized spacial score (nSPS) is 11.2. The van der Waals surface area contributed by atoms with E-state index in [0.29, 0.717) is 5.56 Å². The summed E-state index contributed by atoms with van der Waals surface area (Å²) in [7, 11) is 0. The fraction of sp³-hybridized carbons (Fsp3) is 0. The summed E-state index contributed by atoms with van der Waals surface area (Å²) in [4.78, 5) is 0. The average molecular weight is 310 g/mol. The van der Waals surface area contributed by atoms with Crippen LogP contribution in [0, 0.1) is 23.0 Å². The van der Waals surface area contributed by atoms with Crippen LogP contribution in [-0.4, -0.2) is 0 Å². The molecule has 0 saturated heterocycles. The standard InChI is InChI=1S/C15H7Cl2F2N/c16-11-1-2-14(15(19)7-11)10(8-20)3-9-4-12(17)6-13(18)5-9/h1-7H/b10-3+. The number of hydrogen-bond donors (Lipinski definition) is 0. The van der Waals surface area contributed by atoms with Gasteiger partial charge in [0, 0.05) is 15.6 Å². The van der Waals surface area contributed by atoms with Gasteiger partial charge in [0.05, 0.1) is 11.6 Å². The van der Waals surface area contributed by atoms with Crippen LogP contribution in [0.15, 0.2) is 36.4 Å². The number of nitrogens with zero attached hydrogens (tertiary/aromatic N) is 1. The molecule has 5 heteroatoms. The summed E-state index contributed by atoms with van der Waals surface area (Å²) < 4.78 is 27.0. The monoisotopic (exact) mass is 309 g/mol. The van der Waals surface area contributed by atoms with E-state index < -0.39 is 11.6 Å². The number of benzene rings is 2.